The van der Waals surface area contributed by atoms with Crippen molar-refractivity contribution >= 4 is 23.4 Å². The highest BCUT2D eigenvalue weighted by atomic mass is 32.2. The summed E-state index contributed by atoms with van der Waals surface area (Å²) in [5, 5.41) is 12.4. The van der Waals surface area contributed by atoms with E-state index >= 15 is 0 Å². The van der Waals surface area contributed by atoms with E-state index in [1.807, 2.05) is 34.7 Å². The Morgan fingerprint density at radius 1 is 1.35 bits per heavy atom. The highest BCUT2D eigenvalue weighted by Crippen LogP contribution is 2.38. The summed E-state index contributed by atoms with van der Waals surface area (Å²) in [7, 11) is 0. The summed E-state index contributed by atoms with van der Waals surface area (Å²) in [5.41, 5.74) is 2.28. The Morgan fingerprint density at radius 2 is 2.13 bits per heavy atom. The monoisotopic (exact) mass is 329 g/mol. The Balaban J connectivity index is 1.53. The van der Waals surface area contributed by atoms with Crippen molar-refractivity contribution in [3.63, 3.8) is 0 Å². The van der Waals surface area contributed by atoms with Gasteiger partial charge in [-0.05, 0) is 55.2 Å². The molecule has 2 heterocycles. The van der Waals surface area contributed by atoms with Gasteiger partial charge in [0, 0.05) is 11.7 Å². The molecule has 0 N–H and O–H groups in total. The zero-order valence-electron chi connectivity index (χ0n) is 13.2. The molecule has 1 aliphatic heterocycles. The maximum Gasteiger partial charge on any atom is 0.240 e. The number of carbonyl (C=O) groups excluding carboxylic acids is 1. The Morgan fingerprint density at radius 3 is 2.91 bits per heavy atom. The van der Waals surface area contributed by atoms with Crippen molar-refractivity contribution in [1.82, 2.24) is 20.2 Å². The van der Waals surface area contributed by atoms with Crippen LogP contribution in [-0.2, 0) is 11.2 Å². The fourth-order valence-electron chi connectivity index (χ4n) is 3.12. The maximum atomic E-state index is 13.0. The van der Waals surface area contributed by atoms with Gasteiger partial charge < -0.3 is 4.90 Å². The number of hydrogen-bond acceptors (Lipinski definition) is 5. The number of rotatable bonds is 4. The third-order valence-corrected chi connectivity index (χ3v) is 5.46. The standard InChI is InChI=1S/C16H19N5OS/c1-10-9-12-5-3-4-6-14(12)20(10)15(22)11(2)23-16-17-18-19-21(16)13-7-8-13/h3-6,10-11,13H,7-9H2,1-2H3/t10-,11-/m0/s1. The molecule has 2 atom stereocenters. The lowest BCUT2D eigenvalue weighted by Crippen LogP contribution is -2.40. The fraction of sp³-hybridized carbons (Fsp3) is 0.500. The Labute approximate surface area is 139 Å². The summed E-state index contributed by atoms with van der Waals surface area (Å²) in [5.74, 6) is 0.123. The predicted octanol–water partition coefficient (Wildman–Crippen LogP) is 2.47. The number of tetrazole rings is 1. The molecule has 7 heteroatoms. The number of anilines is 1. The molecule has 2 aliphatic rings. The molecule has 1 aliphatic carbocycles. The van der Waals surface area contributed by atoms with Crippen LogP contribution in [0.5, 0.6) is 0 Å². The Bertz CT molecular complexity index is 742. The van der Waals surface area contributed by atoms with Crippen LogP contribution in [0.2, 0.25) is 0 Å². The first-order valence-electron chi connectivity index (χ1n) is 8.00. The number of para-hydroxylation sites is 1. The van der Waals surface area contributed by atoms with Gasteiger partial charge in [-0.15, -0.1) is 5.10 Å². The number of carbonyl (C=O) groups is 1. The third kappa shape index (κ3) is 2.63. The van der Waals surface area contributed by atoms with E-state index in [0.717, 1.165) is 30.1 Å². The molecule has 4 rings (SSSR count). The van der Waals surface area contributed by atoms with Crippen molar-refractivity contribution in [2.45, 2.75) is 55.6 Å². The predicted molar refractivity (Wildman–Crippen MR) is 88.5 cm³/mol. The average Bonchev–Trinajstić information content (AvgIpc) is 3.19. The third-order valence-electron chi connectivity index (χ3n) is 4.43. The van der Waals surface area contributed by atoms with Crippen molar-refractivity contribution < 1.29 is 4.79 Å². The molecule has 0 spiro atoms. The molecule has 23 heavy (non-hydrogen) atoms. The van der Waals surface area contributed by atoms with Gasteiger partial charge >= 0.3 is 0 Å². The summed E-state index contributed by atoms with van der Waals surface area (Å²) in [6, 6.07) is 8.76. The Kier molecular flexibility index (Phi) is 3.60. The number of benzene rings is 1. The second-order valence-corrected chi connectivity index (χ2v) is 7.60. The van der Waals surface area contributed by atoms with Gasteiger partial charge in [0.15, 0.2) is 0 Å². The molecule has 1 fully saturated rings. The van der Waals surface area contributed by atoms with Crippen LogP contribution in [0.1, 0.15) is 38.3 Å². The number of fused-ring (bicyclic) bond motifs is 1. The lowest BCUT2D eigenvalue weighted by molar-refractivity contribution is -0.118. The molecule has 1 aromatic carbocycles. The molecular formula is C16H19N5OS. The van der Waals surface area contributed by atoms with Crippen LogP contribution in [0.25, 0.3) is 0 Å². The lowest BCUT2D eigenvalue weighted by atomic mass is 10.1. The van der Waals surface area contributed by atoms with E-state index in [4.69, 9.17) is 0 Å². The molecule has 1 saturated carbocycles. The smallest absolute Gasteiger partial charge is 0.240 e. The highest BCUT2D eigenvalue weighted by molar-refractivity contribution is 8.00. The molecule has 0 bridgehead atoms. The fourth-order valence-corrected chi connectivity index (χ4v) is 4.02. The number of amides is 1. The molecule has 120 valence electrons. The van der Waals surface area contributed by atoms with Gasteiger partial charge in [0.05, 0.1) is 11.3 Å². The maximum absolute atomic E-state index is 13.0. The number of hydrogen-bond donors (Lipinski definition) is 0. The van der Waals surface area contributed by atoms with Gasteiger partial charge in [-0.25, -0.2) is 4.68 Å². The van der Waals surface area contributed by atoms with Crippen molar-refractivity contribution in [3.8, 4) is 0 Å². The molecule has 0 saturated heterocycles. The van der Waals surface area contributed by atoms with Gasteiger partial charge in [0.25, 0.3) is 0 Å². The molecule has 0 radical (unpaired) electrons. The van der Waals surface area contributed by atoms with Crippen LogP contribution in [0.15, 0.2) is 29.4 Å². The van der Waals surface area contributed by atoms with Crippen molar-refractivity contribution in [1.29, 1.82) is 0 Å². The molecule has 1 amide bonds. The van der Waals surface area contributed by atoms with Crippen molar-refractivity contribution in [2.24, 2.45) is 0 Å². The van der Waals surface area contributed by atoms with E-state index in [1.165, 1.54) is 17.3 Å². The zero-order chi connectivity index (χ0) is 16.0. The zero-order valence-corrected chi connectivity index (χ0v) is 14.0. The molecule has 6 nitrogen and oxygen atoms in total. The van der Waals surface area contributed by atoms with Gasteiger partial charge in [0.1, 0.15) is 0 Å². The first kappa shape index (κ1) is 14.7. The average molecular weight is 329 g/mol. The molecule has 0 unspecified atom stereocenters. The van der Waals surface area contributed by atoms with Crippen LogP contribution in [-0.4, -0.2) is 37.4 Å². The molecular weight excluding hydrogens is 310 g/mol. The minimum Gasteiger partial charge on any atom is -0.308 e. The van der Waals surface area contributed by atoms with E-state index in [9.17, 15) is 4.79 Å². The van der Waals surface area contributed by atoms with Crippen LogP contribution >= 0.6 is 11.8 Å². The SMILES string of the molecule is C[C@H](Sc1nnnn1C1CC1)C(=O)N1c2ccccc2C[C@@H]1C. The number of aromatic nitrogens is 4. The minimum absolute atomic E-state index is 0.123. The second kappa shape index (κ2) is 5.63. The van der Waals surface area contributed by atoms with Gasteiger partial charge in [-0.3, -0.25) is 4.79 Å². The molecule has 2 aromatic rings. The van der Waals surface area contributed by atoms with Crippen LogP contribution < -0.4 is 4.90 Å². The van der Waals surface area contributed by atoms with Crippen molar-refractivity contribution in [2.75, 3.05) is 4.90 Å². The van der Waals surface area contributed by atoms with E-state index in [1.54, 1.807) is 0 Å². The van der Waals surface area contributed by atoms with E-state index in [2.05, 4.69) is 28.5 Å². The summed E-state index contributed by atoms with van der Waals surface area (Å²) >= 11 is 1.45. The largest absolute Gasteiger partial charge is 0.308 e. The summed E-state index contributed by atoms with van der Waals surface area (Å²) < 4.78 is 1.86. The lowest BCUT2D eigenvalue weighted by Gasteiger charge is -2.25. The van der Waals surface area contributed by atoms with Crippen molar-refractivity contribution in [3.05, 3.63) is 29.8 Å². The van der Waals surface area contributed by atoms with Gasteiger partial charge in [-0.1, -0.05) is 30.0 Å². The quantitative estimate of drug-likeness (QED) is 0.806. The number of thioether (sulfide) groups is 1. The second-order valence-electron chi connectivity index (χ2n) is 6.29. The van der Waals surface area contributed by atoms with E-state index < -0.39 is 0 Å². The first-order chi connectivity index (χ1) is 11.1. The van der Waals surface area contributed by atoms with E-state index in [0.29, 0.717) is 6.04 Å². The number of nitrogens with zero attached hydrogens (tertiary/aromatic N) is 5. The minimum atomic E-state index is -0.216. The van der Waals surface area contributed by atoms with Crippen LogP contribution in [0, 0.1) is 0 Å². The summed E-state index contributed by atoms with van der Waals surface area (Å²) in [6.45, 7) is 4.04. The topological polar surface area (TPSA) is 63.9 Å². The van der Waals surface area contributed by atoms with Gasteiger partial charge in [-0.2, -0.15) is 0 Å². The summed E-state index contributed by atoms with van der Waals surface area (Å²) in [6.07, 6.45) is 3.16. The Hall–Kier alpha value is -1.89. The van der Waals surface area contributed by atoms with E-state index in [-0.39, 0.29) is 17.2 Å². The van der Waals surface area contributed by atoms with Crippen LogP contribution in [0.3, 0.4) is 0 Å². The molecule has 1 aromatic heterocycles. The first-order valence-corrected chi connectivity index (χ1v) is 8.88. The van der Waals surface area contributed by atoms with Gasteiger partial charge in [0.2, 0.25) is 11.1 Å². The summed E-state index contributed by atoms with van der Waals surface area (Å²) in [4.78, 5) is 14.9. The van der Waals surface area contributed by atoms with Crippen LogP contribution in [0.4, 0.5) is 5.69 Å². The normalized spacial score (nSPS) is 21.3. The highest BCUT2D eigenvalue weighted by Gasteiger charge is 2.35.